The van der Waals surface area contributed by atoms with Gasteiger partial charge in [-0.2, -0.15) is 0 Å². The molecule has 108 valence electrons. The molecule has 0 radical (unpaired) electrons. The number of carbonyl (C=O) groups excluding carboxylic acids is 2. The molecule has 0 saturated carbocycles. The summed E-state index contributed by atoms with van der Waals surface area (Å²) in [5, 5.41) is 9.71. The van der Waals surface area contributed by atoms with Crippen LogP contribution in [0, 0.1) is 0 Å². The van der Waals surface area contributed by atoms with Crippen LogP contribution in [0.5, 0.6) is 0 Å². The number of rotatable bonds is 8. The summed E-state index contributed by atoms with van der Waals surface area (Å²) in [4.78, 5) is 22.7. The third-order valence-corrected chi connectivity index (χ3v) is 3.42. The van der Waals surface area contributed by atoms with Crippen molar-refractivity contribution in [1.82, 2.24) is 0 Å². The Morgan fingerprint density at radius 1 is 1.26 bits per heavy atom. The first-order valence-corrected chi connectivity index (χ1v) is 7.20. The van der Waals surface area contributed by atoms with Gasteiger partial charge >= 0.3 is 5.97 Å². The van der Waals surface area contributed by atoms with E-state index in [1.165, 1.54) is 32.6 Å². The van der Waals surface area contributed by atoms with Crippen LogP contribution in [0.2, 0.25) is 0 Å². The van der Waals surface area contributed by atoms with E-state index in [-0.39, 0.29) is 23.9 Å². The lowest BCUT2D eigenvalue weighted by atomic mass is 9.99. The minimum Gasteiger partial charge on any atom is -0.511 e. The van der Waals surface area contributed by atoms with Crippen molar-refractivity contribution in [2.24, 2.45) is 0 Å². The molecule has 1 rings (SSSR count). The molecule has 19 heavy (non-hydrogen) atoms. The Kier molecular flexibility index (Phi) is 6.60. The molecule has 1 aliphatic rings. The van der Waals surface area contributed by atoms with E-state index in [1.54, 1.807) is 0 Å². The first-order valence-electron chi connectivity index (χ1n) is 7.20. The van der Waals surface area contributed by atoms with Crippen molar-refractivity contribution < 1.29 is 19.4 Å². The molecule has 0 spiro atoms. The fourth-order valence-corrected chi connectivity index (χ4v) is 2.35. The predicted molar refractivity (Wildman–Crippen MR) is 72.8 cm³/mol. The first kappa shape index (κ1) is 15.7. The average Bonchev–Trinajstić information content (AvgIpc) is 2.32. The molecule has 1 heterocycles. The van der Waals surface area contributed by atoms with Gasteiger partial charge in [0, 0.05) is 6.42 Å². The Morgan fingerprint density at radius 3 is 2.47 bits per heavy atom. The van der Waals surface area contributed by atoms with E-state index in [2.05, 4.69) is 6.92 Å². The Labute approximate surface area is 114 Å². The molecule has 1 atom stereocenters. The number of carbonyl (C=O) groups is 2. The number of esters is 1. The zero-order chi connectivity index (χ0) is 14.3. The summed E-state index contributed by atoms with van der Waals surface area (Å²) in [5.74, 6) is -1.22. The molecule has 0 amide bonds. The Morgan fingerprint density at radius 2 is 1.89 bits per heavy atom. The van der Waals surface area contributed by atoms with Crippen LogP contribution in [0.15, 0.2) is 11.3 Å². The van der Waals surface area contributed by atoms with Crippen LogP contribution < -0.4 is 0 Å². The average molecular weight is 268 g/mol. The van der Waals surface area contributed by atoms with Gasteiger partial charge in [0.05, 0.1) is 0 Å². The van der Waals surface area contributed by atoms with Gasteiger partial charge in [0.15, 0.2) is 5.78 Å². The number of unbranched alkanes of at least 4 members (excludes halogenated alkanes) is 5. The largest absolute Gasteiger partial charge is 0.511 e. The second-order valence-corrected chi connectivity index (χ2v) is 5.17. The highest BCUT2D eigenvalue weighted by molar-refractivity contribution is 6.17. The zero-order valence-corrected chi connectivity index (χ0v) is 11.9. The maximum atomic E-state index is 11.6. The topological polar surface area (TPSA) is 63.6 Å². The molecular weight excluding hydrogens is 244 g/mol. The summed E-state index contributed by atoms with van der Waals surface area (Å²) in [6.45, 7) is 3.45. The van der Waals surface area contributed by atoms with Gasteiger partial charge in [-0.15, -0.1) is 0 Å². The molecule has 0 aliphatic carbocycles. The number of hydrogen-bond donors (Lipinski definition) is 1. The summed E-state index contributed by atoms with van der Waals surface area (Å²) < 4.78 is 5.18. The van der Waals surface area contributed by atoms with E-state index in [1.807, 2.05) is 0 Å². The number of aliphatic hydroxyl groups is 1. The van der Waals surface area contributed by atoms with Crippen molar-refractivity contribution in [3.63, 3.8) is 0 Å². The Bertz CT molecular complexity index is 357. The molecule has 0 aromatic rings. The van der Waals surface area contributed by atoms with E-state index in [9.17, 15) is 14.7 Å². The quantitative estimate of drug-likeness (QED) is 0.416. The number of ketones is 1. The van der Waals surface area contributed by atoms with Crippen LogP contribution in [0.1, 0.15) is 65.2 Å². The van der Waals surface area contributed by atoms with Crippen LogP contribution in [0.25, 0.3) is 0 Å². The first-order chi connectivity index (χ1) is 9.06. The minimum absolute atomic E-state index is 0.111. The normalized spacial score (nSPS) is 19.5. The number of hydrogen-bond acceptors (Lipinski definition) is 4. The third kappa shape index (κ3) is 5.05. The highest BCUT2D eigenvalue weighted by Crippen LogP contribution is 2.24. The monoisotopic (exact) mass is 268 g/mol. The molecule has 4 nitrogen and oxygen atoms in total. The van der Waals surface area contributed by atoms with Crippen LogP contribution in [-0.4, -0.2) is 23.0 Å². The maximum absolute atomic E-state index is 11.6. The third-order valence-electron chi connectivity index (χ3n) is 3.42. The maximum Gasteiger partial charge on any atom is 0.345 e. The number of ether oxygens (including phenoxy) is 1. The van der Waals surface area contributed by atoms with E-state index in [0.717, 1.165) is 19.3 Å². The van der Waals surface area contributed by atoms with Crippen molar-refractivity contribution in [2.45, 2.75) is 71.3 Å². The van der Waals surface area contributed by atoms with Crippen LogP contribution >= 0.6 is 0 Å². The van der Waals surface area contributed by atoms with E-state index < -0.39 is 11.8 Å². The smallest absolute Gasteiger partial charge is 0.345 e. The summed E-state index contributed by atoms with van der Waals surface area (Å²) in [6, 6.07) is 0. The van der Waals surface area contributed by atoms with Gasteiger partial charge in [-0.25, -0.2) is 4.79 Å². The van der Waals surface area contributed by atoms with Gasteiger partial charge in [-0.3, -0.25) is 4.79 Å². The van der Waals surface area contributed by atoms with E-state index in [4.69, 9.17) is 4.74 Å². The fraction of sp³-hybridized carbons (Fsp3) is 0.733. The Hall–Kier alpha value is -1.32. The number of Topliss-reactive ketones (excluding diaryl/α,β-unsaturated/α-hetero) is 1. The van der Waals surface area contributed by atoms with Gasteiger partial charge in [-0.1, -0.05) is 39.0 Å². The molecule has 0 aromatic carbocycles. The lowest BCUT2D eigenvalue weighted by Crippen LogP contribution is -2.29. The van der Waals surface area contributed by atoms with E-state index in [0.29, 0.717) is 0 Å². The molecule has 1 aliphatic heterocycles. The molecule has 1 unspecified atom stereocenters. The lowest BCUT2D eigenvalue weighted by molar-refractivity contribution is -0.148. The molecule has 0 bridgehead atoms. The summed E-state index contributed by atoms with van der Waals surface area (Å²) in [6.07, 6.45) is 7.82. The lowest BCUT2D eigenvalue weighted by Gasteiger charge is -2.23. The van der Waals surface area contributed by atoms with Gasteiger partial charge < -0.3 is 9.84 Å². The Balaban J connectivity index is 2.31. The van der Waals surface area contributed by atoms with E-state index >= 15 is 0 Å². The molecule has 0 aromatic heterocycles. The van der Waals surface area contributed by atoms with Gasteiger partial charge in [0.2, 0.25) is 0 Å². The van der Waals surface area contributed by atoms with Crippen LogP contribution in [-0.2, 0) is 14.3 Å². The van der Waals surface area contributed by atoms with Gasteiger partial charge in [-0.05, 0) is 19.8 Å². The van der Waals surface area contributed by atoms with Crippen LogP contribution in [0.4, 0.5) is 0 Å². The van der Waals surface area contributed by atoms with Gasteiger partial charge in [0.25, 0.3) is 0 Å². The molecule has 0 saturated heterocycles. The van der Waals surface area contributed by atoms with Crippen molar-refractivity contribution in [3.05, 3.63) is 11.3 Å². The van der Waals surface area contributed by atoms with Crippen molar-refractivity contribution in [3.8, 4) is 0 Å². The zero-order valence-electron chi connectivity index (χ0n) is 11.9. The van der Waals surface area contributed by atoms with Crippen molar-refractivity contribution in [1.29, 1.82) is 0 Å². The van der Waals surface area contributed by atoms with Crippen LogP contribution in [0.3, 0.4) is 0 Å². The highest BCUT2D eigenvalue weighted by Gasteiger charge is 2.31. The molecule has 4 heteroatoms. The summed E-state index contributed by atoms with van der Waals surface area (Å²) in [5.41, 5.74) is -0.181. The second-order valence-electron chi connectivity index (χ2n) is 5.17. The minimum atomic E-state index is -0.674. The molecule has 0 fully saturated rings. The van der Waals surface area contributed by atoms with Crippen molar-refractivity contribution >= 4 is 11.8 Å². The number of aliphatic hydroxyl groups excluding tert-OH is 1. The highest BCUT2D eigenvalue weighted by atomic mass is 16.5. The second kappa shape index (κ2) is 7.97. The molecule has 1 N–H and O–H groups in total. The summed E-state index contributed by atoms with van der Waals surface area (Å²) >= 11 is 0. The summed E-state index contributed by atoms with van der Waals surface area (Å²) in [7, 11) is 0. The van der Waals surface area contributed by atoms with Gasteiger partial charge in [0.1, 0.15) is 17.4 Å². The fourth-order valence-electron chi connectivity index (χ4n) is 2.35. The number of cyclic esters (lactones) is 1. The standard InChI is InChI=1S/C15H24O4/c1-3-4-5-6-7-8-9-12-10-13(17)14(11(2)16)15(18)19-12/h12,17H,3-10H2,1-2H3. The predicted octanol–water partition coefficient (Wildman–Crippen LogP) is 3.45. The SMILES string of the molecule is CCCCCCCCC1CC(O)=C(C(C)=O)C(=O)O1. The van der Waals surface area contributed by atoms with Crippen molar-refractivity contribution in [2.75, 3.05) is 0 Å². The molecular formula is C15H24O4.